The molecule has 24 heavy (non-hydrogen) atoms. The Labute approximate surface area is 142 Å². The summed E-state index contributed by atoms with van der Waals surface area (Å²) >= 11 is 1.59. The van der Waals surface area contributed by atoms with Crippen molar-refractivity contribution in [3.8, 4) is 5.75 Å². The second-order valence-corrected chi connectivity index (χ2v) is 6.48. The van der Waals surface area contributed by atoms with Gasteiger partial charge in [0.2, 0.25) is 4.80 Å². The Kier molecular flexibility index (Phi) is 3.63. The fourth-order valence-corrected chi connectivity index (χ4v) is 3.71. The van der Waals surface area contributed by atoms with Crippen LogP contribution in [0.15, 0.2) is 70.9 Å². The summed E-state index contributed by atoms with van der Waals surface area (Å²) in [5.74, 6) is 0.202. The second-order valence-electron chi connectivity index (χ2n) is 5.48. The van der Waals surface area contributed by atoms with Crippen LogP contribution in [0.25, 0.3) is 21.0 Å². The molecule has 0 unspecified atom stereocenters. The van der Waals surface area contributed by atoms with Gasteiger partial charge >= 0.3 is 0 Å². The summed E-state index contributed by atoms with van der Waals surface area (Å²) in [7, 11) is 1.97. The summed E-state index contributed by atoms with van der Waals surface area (Å²) < 4.78 is 3.18. The van der Waals surface area contributed by atoms with Gasteiger partial charge in [0.05, 0.1) is 16.4 Å². The van der Waals surface area contributed by atoms with E-state index >= 15 is 0 Å². The number of hydrogen-bond donors (Lipinski definition) is 1. The van der Waals surface area contributed by atoms with E-state index in [-0.39, 0.29) is 5.75 Å². The Balaban J connectivity index is 1.80. The smallest absolute Gasteiger partial charge is 0.211 e. The second kappa shape index (κ2) is 5.94. The van der Waals surface area contributed by atoms with E-state index in [9.17, 15) is 5.11 Å². The largest absolute Gasteiger partial charge is 0.507 e. The number of nitrogens with zero attached hydrogens (tertiary/aromatic N) is 3. The van der Waals surface area contributed by atoms with Crippen LogP contribution in [0.1, 0.15) is 5.56 Å². The fourth-order valence-electron chi connectivity index (χ4n) is 2.73. The first kappa shape index (κ1) is 14.7. The van der Waals surface area contributed by atoms with Crippen molar-refractivity contribution in [1.82, 2.24) is 4.57 Å². The first-order valence-electron chi connectivity index (χ1n) is 7.56. The molecule has 1 heterocycles. The van der Waals surface area contributed by atoms with E-state index in [1.165, 1.54) is 4.70 Å². The van der Waals surface area contributed by atoms with Crippen LogP contribution in [0, 0.1) is 0 Å². The van der Waals surface area contributed by atoms with E-state index in [1.807, 2.05) is 54.1 Å². The van der Waals surface area contributed by atoms with Gasteiger partial charge in [0.15, 0.2) is 0 Å². The highest BCUT2D eigenvalue weighted by atomic mass is 32.1. The third kappa shape index (κ3) is 2.49. The highest BCUT2D eigenvalue weighted by Crippen LogP contribution is 2.25. The van der Waals surface area contributed by atoms with Crippen LogP contribution >= 0.6 is 11.3 Å². The number of thiazole rings is 1. The number of phenolic OH excluding ortho intramolecular Hbond substituents is 1. The predicted molar refractivity (Wildman–Crippen MR) is 99.6 cm³/mol. The molecule has 0 radical (unpaired) electrons. The Bertz CT molecular complexity index is 1140. The Hall–Kier alpha value is -2.92. The van der Waals surface area contributed by atoms with Crippen molar-refractivity contribution < 1.29 is 5.11 Å². The topological polar surface area (TPSA) is 49.9 Å². The SMILES string of the molecule is Cn1/c(=N\N=C/c2c(O)ccc3ccccc23)sc2ccccc21. The summed E-state index contributed by atoms with van der Waals surface area (Å²) in [4.78, 5) is 0.812. The molecule has 0 atom stereocenters. The summed E-state index contributed by atoms with van der Waals surface area (Å²) in [5, 5.41) is 20.7. The van der Waals surface area contributed by atoms with Gasteiger partial charge in [0.25, 0.3) is 0 Å². The normalized spacial score (nSPS) is 12.6. The standard InChI is InChI=1S/C19H15N3OS/c1-22-16-8-4-5-9-18(16)24-19(22)21-20-12-15-14-7-3-2-6-13(14)10-11-17(15)23/h2-12,23H,1H3/b20-12-,21-19+. The zero-order valence-electron chi connectivity index (χ0n) is 13.0. The molecule has 1 N–H and O–H groups in total. The van der Waals surface area contributed by atoms with Crippen molar-refractivity contribution in [2.75, 3.05) is 0 Å². The zero-order valence-corrected chi connectivity index (χ0v) is 13.9. The number of para-hydroxylation sites is 1. The lowest BCUT2D eigenvalue weighted by atomic mass is 10.0. The Morgan fingerprint density at radius 2 is 1.79 bits per heavy atom. The first-order chi connectivity index (χ1) is 11.7. The van der Waals surface area contributed by atoms with Crippen LogP contribution in [0.3, 0.4) is 0 Å². The third-order valence-corrected chi connectivity index (χ3v) is 5.10. The van der Waals surface area contributed by atoms with Gasteiger partial charge in [-0.15, -0.1) is 5.10 Å². The molecule has 3 aromatic carbocycles. The van der Waals surface area contributed by atoms with Crippen LogP contribution in [-0.4, -0.2) is 15.9 Å². The number of phenols is 1. The molecule has 0 amide bonds. The molecule has 0 aliphatic carbocycles. The quantitative estimate of drug-likeness (QED) is 0.437. The van der Waals surface area contributed by atoms with Gasteiger partial charge in [-0.25, -0.2) is 0 Å². The average molecular weight is 333 g/mol. The number of aromatic hydroxyl groups is 1. The van der Waals surface area contributed by atoms with E-state index < -0.39 is 0 Å². The van der Waals surface area contributed by atoms with Crippen LogP contribution in [0.5, 0.6) is 5.75 Å². The van der Waals surface area contributed by atoms with E-state index in [1.54, 1.807) is 23.6 Å². The maximum absolute atomic E-state index is 10.1. The number of fused-ring (bicyclic) bond motifs is 2. The Morgan fingerprint density at radius 3 is 2.67 bits per heavy atom. The minimum absolute atomic E-state index is 0.202. The van der Waals surface area contributed by atoms with Crippen LogP contribution < -0.4 is 4.80 Å². The van der Waals surface area contributed by atoms with Gasteiger partial charge < -0.3 is 9.67 Å². The lowest BCUT2D eigenvalue weighted by Gasteiger charge is -2.03. The lowest BCUT2D eigenvalue weighted by molar-refractivity contribution is 0.475. The van der Waals surface area contributed by atoms with E-state index in [0.717, 1.165) is 21.1 Å². The summed E-state index contributed by atoms with van der Waals surface area (Å²) in [5.41, 5.74) is 1.81. The number of aromatic nitrogens is 1. The van der Waals surface area contributed by atoms with Gasteiger partial charge in [-0.1, -0.05) is 53.8 Å². The van der Waals surface area contributed by atoms with Crippen LogP contribution in [-0.2, 0) is 7.05 Å². The zero-order chi connectivity index (χ0) is 16.5. The molecule has 0 saturated carbocycles. The lowest BCUT2D eigenvalue weighted by Crippen LogP contribution is -2.08. The van der Waals surface area contributed by atoms with E-state index in [2.05, 4.69) is 22.3 Å². The molecule has 4 aromatic rings. The summed E-state index contributed by atoms with van der Waals surface area (Å²) in [6.45, 7) is 0. The molecule has 4 rings (SSSR count). The molecule has 0 spiro atoms. The van der Waals surface area contributed by atoms with Gasteiger partial charge in [-0.2, -0.15) is 5.10 Å². The van der Waals surface area contributed by atoms with Gasteiger partial charge in [-0.05, 0) is 29.0 Å². The predicted octanol–water partition coefficient (Wildman–Crippen LogP) is 4.03. The molecule has 0 fully saturated rings. The maximum Gasteiger partial charge on any atom is 0.211 e. The van der Waals surface area contributed by atoms with Crippen LogP contribution in [0.2, 0.25) is 0 Å². The molecule has 118 valence electrons. The van der Waals surface area contributed by atoms with Crippen molar-refractivity contribution in [3.63, 3.8) is 0 Å². The first-order valence-corrected chi connectivity index (χ1v) is 8.38. The molecule has 0 aliphatic heterocycles. The highest BCUT2D eigenvalue weighted by Gasteiger charge is 2.04. The number of hydrogen-bond acceptors (Lipinski definition) is 4. The van der Waals surface area contributed by atoms with Crippen molar-refractivity contribution in [2.45, 2.75) is 0 Å². The van der Waals surface area contributed by atoms with Crippen molar-refractivity contribution in [1.29, 1.82) is 0 Å². The number of rotatable bonds is 2. The third-order valence-electron chi connectivity index (χ3n) is 3.99. The molecule has 1 aromatic heterocycles. The number of benzene rings is 3. The Morgan fingerprint density at radius 1 is 1.00 bits per heavy atom. The molecule has 0 bridgehead atoms. The van der Waals surface area contributed by atoms with Crippen molar-refractivity contribution in [2.24, 2.45) is 17.3 Å². The minimum atomic E-state index is 0.202. The monoisotopic (exact) mass is 333 g/mol. The number of aryl methyl sites for hydroxylation is 1. The van der Waals surface area contributed by atoms with Crippen molar-refractivity contribution in [3.05, 3.63) is 71.0 Å². The highest BCUT2D eigenvalue weighted by molar-refractivity contribution is 7.16. The molecule has 0 aliphatic rings. The van der Waals surface area contributed by atoms with Gasteiger partial charge in [0.1, 0.15) is 5.75 Å². The molecular weight excluding hydrogens is 318 g/mol. The summed E-state index contributed by atoms with van der Waals surface area (Å²) in [6, 6.07) is 19.6. The van der Waals surface area contributed by atoms with Gasteiger partial charge in [0, 0.05) is 12.6 Å². The minimum Gasteiger partial charge on any atom is -0.507 e. The maximum atomic E-state index is 10.1. The van der Waals surface area contributed by atoms with Gasteiger partial charge in [-0.3, -0.25) is 0 Å². The molecule has 0 saturated heterocycles. The molecule has 4 nitrogen and oxygen atoms in total. The van der Waals surface area contributed by atoms with E-state index in [0.29, 0.717) is 5.56 Å². The summed E-state index contributed by atoms with van der Waals surface area (Å²) in [6.07, 6.45) is 1.61. The van der Waals surface area contributed by atoms with E-state index in [4.69, 9.17) is 0 Å². The fraction of sp³-hybridized carbons (Fsp3) is 0.0526. The molecule has 5 heteroatoms. The van der Waals surface area contributed by atoms with Crippen LogP contribution in [0.4, 0.5) is 0 Å². The van der Waals surface area contributed by atoms with Crippen molar-refractivity contribution >= 4 is 38.5 Å². The molecular formula is C19H15N3OS. The average Bonchev–Trinajstić information content (AvgIpc) is 2.93.